The van der Waals surface area contributed by atoms with E-state index >= 15 is 0 Å². The summed E-state index contributed by atoms with van der Waals surface area (Å²) in [7, 11) is 0. The van der Waals surface area contributed by atoms with Crippen molar-refractivity contribution in [3.8, 4) is 5.75 Å². The lowest BCUT2D eigenvalue weighted by molar-refractivity contribution is -0.110. The molecule has 0 radical (unpaired) electrons. The maximum Gasteiger partial charge on any atom is 0.258 e. The summed E-state index contributed by atoms with van der Waals surface area (Å²) in [5, 5.41) is 6.49. The summed E-state index contributed by atoms with van der Waals surface area (Å²) in [5.41, 5.74) is 5.06. The van der Waals surface area contributed by atoms with Gasteiger partial charge in [0.25, 0.3) is 5.91 Å². The van der Waals surface area contributed by atoms with Gasteiger partial charge in [-0.1, -0.05) is 55.0 Å². The van der Waals surface area contributed by atoms with Crippen LogP contribution < -0.4 is 15.4 Å². The van der Waals surface area contributed by atoms with Crippen LogP contribution in [0.3, 0.4) is 0 Å². The molecule has 0 aromatic heterocycles. The van der Waals surface area contributed by atoms with E-state index in [9.17, 15) is 4.79 Å². The molecule has 1 amide bonds. The number of para-hydroxylation sites is 1. The second-order valence-corrected chi connectivity index (χ2v) is 8.87. The van der Waals surface area contributed by atoms with Crippen molar-refractivity contribution in [3.05, 3.63) is 90.0 Å². The fourth-order valence-corrected chi connectivity index (χ4v) is 4.69. The normalized spacial score (nSPS) is 17.1. The zero-order valence-corrected chi connectivity index (χ0v) is 19.4. The lowest BCUT2D eigenvalue weighted by atomic mass is 10.00. The number of rotatable bonds is 8. The van der Waals surface area contributed by atoms with Crippen LogP contribution in [0.1, 0.15) is 36.8 Å². The molecule has 3 aromatic carbocycles. The van der Waals surface area contributed by atoms with E-state index in [4.69, 9.17) is 4.74 Å². The quantitative estimate of drug-likeness (QED) is 0.331. The highest BCUT2D eigenvalue weighted by atomic mass is 16.5. The molecule has 34 heavy (non-hydrogen) atoms. The SMILES string of the molecule is O=C1Nc2ccccc2/C1=C(/Nc1ccc(OCCCN2CCCCC2)cc1)c1ccccc1. The van der Waals surface area contributed by atoms with Crippen molar-refractivity contribution in [2.75, 3.05) is 36.9 Å². The number of carbonyl (C=O) groups excluding carboxylic acids is 1. The molecule has 2 heterocycles. The van der Waals surface area contributed by atoms with Gasteiger partial charge in [-0.2, -0.15) is 0 Å². The van der Waals surface area contributed by atoms with E-state index in [0.29, 0.717) is 5.57 Å². The van der Waals surface area contributed by atoms with Crippen molar-refractivity contribution < 1.29 is 9.53 Å². The molecule has 2 aliphatic rings. The fraction of sp³-hybridized carbons (Fsp3) is 0.276. The average Bonchev–Trinajstić information content (AvgIpc) is 3.22. The number of fused-ring (bicyclic) bond motifs is 1. The summed E-state index contributed by atoms with van der Waals surface area (Å²) in [6, 6.07) is 25.8. The minimum Gasteiger partial charge on any atom is -0.494 e. The minimum absolute atomic E-state index is 0.0961. The van der Waals surface area contributed by atoms with Gasteiger partial charge >= 0.3 is 0 Å². The molecule has 2 N–H and O–H groups in total. The third-order valence-corrected chi connectivity index (χ3v) is 6.44. The Labute approximate surface area is 201 Å². The van der Waals surface area contributed by atoms with Crippen LogP contribution in [-0.2, 0) is 4.79 Å². The van der Waals surface area contributed by atoms with Crippen LogP contribution in [0.5, 0.6) is 5.75 Å². The van der Waals surface area contributed by atoms with Crippen molar-refractivity contribution in [2.45, 2.75) is 25.7 Å². The minimum atomic E-state index is -0.0961. The van der Waals surface area contributed by atoms with Crippen molar-refractivity contribution in [2.24, 2.45) is 0 Å². The number of carbonyl (C=O) groups is 1. The van der Waals surface area contributed by atoms with Crippen molar-refractivity contribution in [1.29, 1.82) is 0 Å². The molecule has 2 aliphatic heterocycles. The van der Waals surface area contributed by atoms with Crippen LogP contribution in [0.2, 0.25) is 0 Å². The van der Waals surface area contributed by atoms with Crippen molar-refractivity contribution in [3.63, 3.8) is 0 Å². The Morgan fingerprint density at radius 3 is 2.41 bits per heavy atom. The maximum absolute atomic E-state index is 12.9. The summed E-state index contributed by atoms with van der Waals surface area (Å²) in [5.74, 6) is 0.767. The van der Waals surface area contributed by atoms with Crippen LogP contribution in [0.25, 0.3) is 11.3 Å². The van der Waals surface area contributed by atoms with Gasteiger partial charge in [-0.3, -0.25) is 4.79 Å². The van der Waals surface area contributed by atoms with E-state index in [1.165, 1.54) is 32.4 Å². The van der Waals surface area contributed by atoms with Crippen LogP contribution in [0, 0.1) is 0 Å². The molecule has 3 aromatic rings. The van der Waals surface area contributed by atoms with Gasteiger partial charge in [0.15, 0.2) is 0 Å². The van der Waals surface area contributed by atoms with E-state index in [0.717, 1.165) is 53.5 Å². The Kier molecular flexibility index (Phi) is 6.91. The Hall–Kier alpha value is -3.57. The third kappa shape index (κ3) is 5.15. The Balaban J connectivity index is 1.29. The van der Waals surface area contributed by atoms with Gasteiger partial charge in [0.2, 0.25) is 0 Å². The van der Waals surface area contributed by atoms with E-state index in [1.54, 1.807) is 0 Å². The van der Waals surface area contributed by atoms with Gasteiger partial charge < -0.3 is 20.3 Å². The van der Waals surface area contributed by atoms with E-state index < -0.39 is 0 Å². The highest BCUT2D eigenvalue weighted by Crippen LogP contribution is 2.37. The number of likely N-dealkylation sites (tertiary alicyclic amines) is 1. The molecule has 174 valence electrons. The zero-order chi connectivity index (χ0) is 23.2. The molecule has 0 spiro atoms. The first-order valence-corrected chi connectivity index (χ1v) is 12.2. The predicted molar refractivity (Wildman–Crippen MR) is 139 cm³/mol. The van der Waals surface area contributed by atoms with Crippen molar-refractivity contribution >= 4 is 28.6 Å². The zero-order valence-electron chi connectivity index (χ0n) is 19.4. The van der Waals surface area contributed by atoms with Crippen LogP contribution in [-0.4, -0.2) is 37.0 Å². The molecule has 0 unspecified atom stereocenters. The van der Waals surface area contributed by atoms with Crippen LogP contribution in [0.4, 0.5) is 11.4 Å². The number of hydrogen-bond acceptors (Lipinski definition) is 4. The fourth-order valence-electron chi connectivity index (χ4n) is 4.69. The number of nitrogens with one attached hydrogen (secondary N) is 2. The summed E-state index contributed by atoms with van der Waals surface area (Å²) in [6.45, 7) is 4.28. The smallest absolute Gasteiger partial charge is 0.258 e. The molecule has 5 nitrogen and oxygen atoms in total. The number of ether oxygens (including phenoxy) is 1. The van der Waals surface area contributed by atoms with Gasteiger partial charge in [0.1, 0.15) is 5.75 Å². The Bertz CT molecular complexity index is 1150. The van der Waals surface area contributed by atoms with Gasteiger partial charge in [0.05, 0.1) is 17.9 Å². The van der Waals surface area contributed by atoms with Gasteiger partial charge in [-0.25, -0.2) is 0 Å². The molecule has 1 saturated heterocycles. The monoisotopic (exact) mass is 453 g/mol. The molecule has 0 saturated carbocycles. The maximum atomic E-state index is 12.9. The molecule has 1 fully saturated rings. The molecule has 5 rings (SSSR count). The first-order valence-electron chi connectivity index (χ1n) is 12.2. The first-order chi connectivity index (χ1) is 16.8. The molecule has 0 atom stereocenters. The Morgan fingerprint density at radius 1 is 0.882 bits per heavy atom. The second-order valence-electron chi connectivity index (χ2n) is 8.87. The number of benzene rings is 3. The standard InChI is InChI=1S/C29H31N3O2/c33-29-27(25-12-5-6-13-26(25)31-29)28(22-10-3-1-4-11-22)30-23-14-16-24(17-15-23)34-21-9-20-32-18-7-2-8-19-32/h1,3-6,10-17,30H,2,7-9,18-21H2,(H,31,33)/b28-27-. The second kappa shape index (κ2) is 10.6. The summed E-state index contributed by atoms with van der Waals surface area (Å²) in [6.07, 6.45) is 5.05. The highest BCUT2D eigenvalue weighted by molar-refractivity contribution is 6.37. The summed E-state index contributed by atoms with van der Waals surface area (Å²) >= 11 is 0. The molecular weight excluding hydrogens is 422 g/mol. The van der Waals surface area contributed by atoms with E-state index in [1.807, 2.05) is 78.9 Å². The topological polar surface area (TPSA) is 53.6 Å². The number of piperidine rings is 1. The lowest BCUT2D eigenvalue weighted by Gasteiger charge is -2.26. The largest absolute Gasteiger partial charge is 0.494 e. The number of hydrogen-bond donors (Lipinski definition) is 2. The van der Waals surface area contributed by atoms with Gasteiger partial charge in [-0.15, -0.1) is 0 Å². The number of amides is 1. The van der Waals surface area contributed by atoms with Crippen molar-refractivity contribution in [1.82, 2.24) is 4.90 Å². The first kappa shape index (κ1) is 22.2. The van der Waals surface area contributed by atoms with Gasteiger partial charge in [0, 0.05) is 23.5 Å². The van der Waals surface area contributed by atoms with E-state index in [-0.39, 0.29) is 5.91 Å². The third-order valence-electron chi connectivity index (χ3n) is 6.44. The number of nitrogens with zero attached hydrogens (tertiary/aromatic N) is 1. The molecule has 5 heteroatoms. The summed E-state index contributed by atoms with van der Waals surface area (Å²) in [4.78, 5) is 15.5. The van der Waals surface area contributed by atoms with E-state index in [2.05, 4.69) is 15.5 Å². The lowest BCUT2D eigenvalue weighted by Crippen LogP contribution is -2.31. The Morgan fingerprint density at radius 2 is 1.62 bits per heavy atom. The molecule has 0 bridgehead atoms. The van der Waals surface area contributed by atoms with Crippen LogP contribution >= 0.6 is 0 Å². The predicted octanol–water partition coefficient (Wildman–Crippen LogP) is 5.87. The highest BCUT2D eigenvalue weighted by Gasteiger charge is 2.28. The average molecular weight is 454 g/mol. The molecule has 0 aliphatic carbocycles. The number of anilines is 2. The molecular formula is C29H31N3O2. The van der Waals surface area contributed by atoms with Gasteiger partial charge in [-0.05, 0) is 68.2 Å². The summed E-state index contributed by atoms with van der Waals surface area (Å²) < 4.78 is 5.97. The van der Waals surface area contributed by atoms with Crippen LogP contribution in [0.15, 0.2) is 78.9 Å².